The average molecular weight is 267 g/mol. The monoisotopic (exact) mass is 267 g/mol. The van der Waals surface area contributed by atoms with Crippen LogP contribution in [0, 0.1) is 0 Å². The fraction of sp³-hybridized carbons (Fsp3) is 0.500. The van der Waals surface area contributed by atoms with Crippen LogP contribution in [0.25, 0.3) is 0 Å². The highest BCUT2D eigenvalue weighted by molar-refractivity contribution is 5.90. The van der Waals surface area contributed by atoms with Gasteiger partial charge < -0.3 is 19.5 Å². The average Bonchev–Trinajstić information content (AvgIpc) is 2.46. The Morgan fingerprint density at radius 3 is 2.26 bits per heavy atom. The summed E-state index contributed by atoms with van der Waals surface area (Å²) in [5.74, 6) is 0.751. The van der Waals surface area contributed by atoms with Crippen LogP contribution in [0.4, 0.5) is 0 Å². The van der Waals surface area contributed by atoms with Gasteiger partial charge in [0.25, 0.3) is 0 Å². The molecular formula is C14H21NO4. The minimum absolute atomic E-state index is 0.346. The van der Waals surface area contributed by atoms with Gasteiger partial charge in [0.1, 0.15) is 18.1 Å². The van der Waals surface area contributed by atoms with E-state index in [4.69, 9.17) is 14.2 Å². The van der Waals surface area contributed by atoms with Crippen molar-refractivity contribution in [1.82, 2.24) is 5.32 Å². The third-order valence-corrected chi connectivity index (χ3v) is 2.53. The highest BCUT2D eigenvalue weighted by Gasteiger charge is 2.10. The van der Waals surface area contributed by atoms with Gasteiger partial charge in [-0.3, -0.25) is 0 Å². The molecule has 0 atom stereocenters. The predicted octanol–water partition coefficient (Wildman–Crippen LogP) is 1.86. The fourth-order valence-corrected chi connectivity index (χ4v) is 1.53. The quantitative estimate of drug-likeness (QED) is 0.575. The van der Waals surface area contributed by atoms with E-state index in [1.807, 2.05) is 0 Å². The summed E-state index contributed by atoms with van der Waals surface area (Å²) in [6.45, 7) is 4.01. The maximum Gasteiger partial charge on any atom is 0.338 e. The van der Waals surface area contributed by atoms with Crippen molar-refractivity contribution in [2.75, 3.05) is 33.9 Å². The summed E-state index contributed by atoms with van der Waals surface area (Å²) < 4.78 is 15.4. The van der Waals surface area contributed by atoms with Gasteiger partial charge in [0.05, 0.1) is 19.8 Å². The highest BCUT2D eigenvalue weighted by Crippen LogP contribution is 2.22. The zero-order valence-corrected chi connectivity index (χ0v) is 11.7. The van der Waals surface area contributed by atoms with Crippen LogP contribution in [-0.4, -0.2) is 39.9 Å². The molecule has 1 N–H and O–H groups in total. The number of carbonyl (C=O) groups is 1. The fourth-order valence-electron chi connectivity index (χ4n) is 1.53. The van der Waals surface area contributed by atoms with Gasteiger partial charge in [-0.15, -0.1) is 0 Å². The molecule has 0 bridgehead atoms. The number of esters is 1. The molecule has 0 aliphatic heterocycles. The van der Waals surface area contributed by atoms with Crippen LogP contribution in [0.2, 0.25) is 0 Å². The molecule has 0 unspecified atom stereocenters. The molecule has 0 spiro atoms. The van der Waals surface area contributed by atoms with Crippen LogP contribution in [-0.2, 0) is 4.74 Å². The number of hydrogen-bond donors (Lipinski definition) is 1. The van der Waals surface area contributed by atoms with Gasteiger partial charge in [0, 0.05) is 12.6 Å². The van der Waals surface area contributed by atoms with Crippen molar-refractivity contribution < 1.29 is 19.0 Å². The normalized spacial score (nSPS) is 10.1. The number of ether oxygens (including phenoxy) is 3. The van der Waals surface area contributed by atoms with Crippen molar-refractivity contribution in [3.63, 3.8) is 0 Å². The van der Waals surface area contributed by atoms with Gasteiger partial charge in [-0.1, -0.05) is 6.92 Å². The Kier molecular flexibility index (Phi) is 6.74. The molecule has 0 saturated heterocycles. The van der Waals surface area contributed by atoms with Crippen molar-refractivity contribution in [3.05, 3.63) is 23.8 Å². The molecule has 0 aromatic heterocycles. The van der Waals surface area contributed by atoms with E-state index in [9.17, 15) is 4.79 Å². The third kappa shape index (κ3) is 5.18. The Morgan fingerprint density at radius 2 is 1.74 bits per heavy atom. The third-order valence-electron chi connectivity index (χ3n) is 2.53. The molecule has 1 aromatic rings. The van der Waals surface area contributed by atoms with Crippen molar-refractivity contribution >= 4 is 5.97 Å². The first kappa shape index (κ1) is 15.3. The summed E-state index contributed by atoms with van der Waals surface area (Å²) in [7, 11) is 3.08. The number of benzene rings is 1. The second-order valence-electron chi connectivity index (χ2n) is 3.99. The number of hydrogen-bond acceptors (Lipinski definition) is 5. The summed E-state index contributed by atoms with van der Waals surface area (Å²) >= 11 is 0. The number of carbonyl (C=O) groups excluding carboxylic acids is 1. The summed E-state index contributed by atoms with van der Waals surface area (Å²) in [5.41, 5.74) is 0.423. The highest BCUT2D eigenvalue weighted by atomic mass is 16.5. The zero-order valence-electron chi connectivity index (χ0n) is 11.7. The number of methoxy groups -OCH3 is 2. The first-order chi connectivity index (χ1) is 9.21. The minimum atomic E-state index is -0.379. The molecule has 0 saturated carbocycles. The topological polar surface area (TPSA) is 56.8 Å². The molecule has 5 nitrogen and oxygen atoms in total. The second kappa shape index (κ2) is 8.37. The van der Waals surface area contributed by atoms with Crippen molar-refractivity contribution in [2.45, 2.75) is 13.3 Å². The van der Waals surface area contributed by atoms with Gasteiger partial charge in [-0.05, 0) is 25.1 Å². The molecule has 1 rings (SSSR count). The molecule has 19 heavy (non-hydrogen) atoms. The lowest BCUT2D eigenvalue weighted by molar-refractivity contribution is 0.0508. The van der Waals surface area contributed by atoms with Crippen LogP contribution >= 0.6 is 0 Å². The molecule has 0 fully saturated rings. The van der Waals surface area contributed by atoms with E-state index in [0.29, 0.717) is 30.2 Å². The molecule has 1 aromatic carbocycles. The molecule has 0 heterocycles. The van der Waals surface area contributed by atoms with E-state index in [0.717, 1.165) is 13.0 Å². The minimum Gasteiger partial charge on any atom is -0.497 e. The standard InChI is InChI=1S/C14H21NO4/c1-4-5-15-6-7-19-14(16)11-8-12(17-2)10-13(9-11)18-3/h8-10,15H,4-7H2,1-3H3. The molecular weight excluding hydrogens is 246 g/mol. The Morgan fingerprint density at radius 1 is 1.11 bits per heavy atom. The summed E-state index contributed by atoms with van der Waals surface area (Å²) in [6.07, 6.45) is 1.06. The Balaban J connectivity index is 2.55. The Hall–Kier alpha value is -1.75. The zero-order chi connectivity index (χ0) is 14.1. The van der Waals surface area contributed by atoms with E-state index in [2.05, 4.69) is 12.2 Å². The van der Waals surface area contributed by atoms with Crippen LogP contribution < -0.4 is 14.8 Å². The van der Waals surface area contributed by atoms with E-state index >= 15 is 0 Å². The SMILES string of the molecule is CCCNCCOC(=O)c1cc(OC)cc(OC)c1. The summed E-state index contributed by atoms with van der Waals surface area (Å²) in [6, 6.07) is 4.97. The molecule has 0 aliphatic carbocycles. The maximum absolute atomic E-state index is 11.9. The van der Waals surface area contributed by atoms with Crippen LogP contribution in [0.15, 0.2) is 18.2 Å². The lowest BCUT2D eigenvalue weighted by atomic mass is 10.2. The van der Waals surface area contributed by atoms with E-state index in [1.54, 1.807) is 32.4 Å². The first-order valence-corrected chi connectivity index (χ1v) is 6.32. The molecule has 0 aliphatic rings. The molecule has 5 heteroatoms. The molecule has 0 amide bonds. The second-order valence-corrected chi connectivity index (χ2v) is 3.99. The van der Waals surface area contributed by atoms with E-state index < -0.39 is 0 Å². The van der Waals surface area contributed by atoms with Crippen LogP contribution in [0.1, 0.15) is 23.7 Å². The van der Waals surface area contributed by atoms with Crippen LogP contribution in [0.5, 0.6) is 11.5 Å². The van der Waals surface area contributed by atoms with Gasteiger partial charge in [0.2, 0.25) is 0 Å². The predicted molar refractivity (Wildman–Crippen MR) is 73.0 cm³/mol. The first-order valence-electron chi connectivity index (χ1n) is 6.32. The Labute approximate surface area is 113 Å². The molecule has 0 radical (unpaired) electrons. The van der Waals surface area contributed by atoms with Gasteiger partial charge >= 0.3 is 5.97 Å². The summed E-state index contributed by atoms with van der Waals surface area (Å²) in [4.78, 5) is 11.9. The largest absolute Gasteiger partial charge is 0.497 e. The number of nitrogens with one attached hydrogen (secondary N) is 1. The van der Waals surface area contributed by atoms with Gasteiger partial charge in [0.15, 0.2) is 0 Å². The van der Waals surface area contributed by atoms with E-state index in [-0.39, 0.29) is 5.97 Å². The van der Waals surface area contributed by atoms with Crippen molar-refractivity contribution in [1.29, 1.82) is 0 Å². The molecule has 106 valence electrons. The van der Waals surface area contributed by atoms with Gasteiger partial charge in [-0.25, -0.2) is 4.79 Å². The Bertz CT molecular complexity index is 384. The lowest BCUT2D eigenvalue weighted by Gasteiger charge is -2.09. The van der Waals surface area contributed by atoms with Gasteiger partial charge in [-0.2, -0.15) is 0 Å². The van der Waals surface area contributed by atoms with E-state index in [1.165, 1.54) is 0 Å². The van der Waals surface area contributed by atoms with Crippen LogP contribution in [0.3, 0.4) is 0 Å². The maximum atomic E-state index is 11.9. The summed E-state index contributed by atoms with van der Waals surface area (Å²) in [5, 5.41) is 3.16. The number of rotatable bonds is 8. The smallest absolute Gasteiger partial charge is 0.338 e. The van der Waals surface area contributed by atoms with Crippen molar-refractivity contribution in [2.24, 2.45) is 0 Å². The lowest BCUT2D eigenvalue weighted by Crippen LogP contribution is -2.22. The van der Waals surface area contributed by atoms with Crippen molar-refractivity contribution in [3.8, 4) is 11.5 Å².